The Bertz CT molecular complexity index is 1050. The predicted octanol–water partition coefficient (Wildman–Crippen LogP) is 1.49. The summed E-state index contributed by atoms with van der Waals surface area (Å²) in [4.78, 5) is 31.3. The summed E-state index contributed by atoms with van der Waals surface area (Å²) in [6.07, 6.45) is 0.788. The predicted molar refractivity (Wildman–Crippen MR) is 87.7 cm³/mol. The molecule has 0 atom stereocenters. The van der Waals surface area contributed by atoms with Gasteiger partial charge in [-0.2, -0.15) is 0 Å². The molecule has 0 N–H and O–H groups in total. The molecular weight excluding hydrogens is 360 g/mol. The van der Waals surface area contributed by atoms with Crippen LogP contribution in [0.3, 0.4) is 0 Å². The lowest BCUT2D eigenvalue weighted by atomic mass is 10.0. The number of carbonyl (C=O) groups is 2. The highest BCUT2D eigenvalue weighted by molar-refractivity contribution is 6.04. The second-order valence-corrected chi connectivity index (χ2v) is 6.20. The third-order valence-electron chi connectivity index (χ3n) is 4.54. The molecule has 1 fully saturated rings. The molecule has 1 saturated heterocycles. The van der Waals surface area contributed by atoms with Crippen LogP contribution in [-0.2, 0) is 0 Å². The molecule has 138 valence electrons. The normalized spacial score (nSPS) is 14.3. The van der Waals surface area contributed by atoms with Crippen molar-refractivity contribution in [3.8, 4) is 0 Å². The molecule has 1 aliphatic rings. The fourth-order valence-electron chi connectivity index (χ4n) is 2.92. The van der Waals surface area contributed by atoms with Gasteiger partial charge < -0.3 is 9.80 Å². The Hall–Kier alpha value is -3.43. The second kappa shape index (κ2) is 6.38. The topological polar surface area (TPSA) is 92.4 Å². The molecule has 0 bridgehead atoms. The molecule has 2 aromatic heterocycles. The molecule has 3 heterocycles. The molecule has 1 aromatic carbocycles. The smallest absolute Gasteiger partial charge is 0.275 e. The van der Waals surface area contributed by atoms with Crippen LogP contribution >= 0.6 is 0 Å². The molecule has 0 radical (unpaired) electrons. The SMILES string of the molecule is CN(C(=O)c1cccc2nonc12)C1CN(C(=O)c2ncc(F)cc2F)C1. The molecule has 10 heteroatoms. The summed E-state index contributed by atoms with van der Waals surface area (Å²) in [5.41, 5.74) is 0.728. The fraction of sp³-hybridized carbons (Fsp3) is 0.235. The molecule has 1 aliphatic heterocycles. The van der Waals surface area contributed by atoms with Crippen LogP contribution in [0.2, 0.25) is 0 Å². The molecule has 2 amide bonds. The average molecular weight is 373 g/mol. The van der Waals surface area contributed by atoms with E-state index in [1.165, 1.54) is 9.80 Å². The first-order valence-electron chi connectivity index (χ1n) is 8.04. The van der Waals surface area contributed by atoms with Gasteiger partial charge >= 0.3 is 0 Å². The quantitative estimate of drug-likeness (QED) is 0.691. The number of likely N-dealkylation sites (tertiary alicyclic amines) is 1. The summed E-state index contributed by atoms with van der Waals surface area (Å²) in [6.45, 7) is 0.430. The summed E-state index contributed by atoms with van der Waals surface area (Å²) in [5, 5.41) is 7.45. The maximum absolute atomic E-state index is 13.7. The second-order valence-electron chi connectivity index (χ2n) is 6.20. The van der Waals surface area contributed by atoms with Crippen molar-refractivity contribution in [1.29, 1.82) is 0 Å². The minimum Gasteiger partial charge on any atom is -0.335 e. The van der Waals surface area contributed by atoms with E-state index >= 15 is 0 Å². The number of rotatable bonds is 3. The standard InChI is InChI=1S/C17H13F2N5O3/c1-23(16(25)11-3-2-4-13-14(11)22-27-21-13)10-7-24(8-10)17(26)15-12(19)5-9(18)6-20-15/h2-6,10H,7-8H2,1H3. The number of fused-ring (bicyclic) bond motifs is 1. The number of carbonyl (C=O) groups excluding carboxylic acids is 2. The van der Waals surface area contributed by atoms with Crippen molar-refractivity contribution in [2.75, 3.05) is 20.1 Å². The lowest BCUT2D eigenvalue weighted by molar-refractivity contribution is 0.0290. The monoisotopic (exact) mass is 373 g/mol. The van der Waals surface area contributed by atoms with Crippen LogP contribution in [0, 0.1) is 11.6 Å². The van der Waals surface area contributed by atoms with E-state index in [9.17, 15) is 18.4 Å². The molecule has 8 nitrogen and oxygen atoms in total. The number of likely N-dealkylation sites (N-methyl/N-ethyl adjacent to an activating group) is 1. The summed E-state index contributed by atoms with van der Waals surface area (Å²) in [5.74, 6) is -2.81. The van der Waals surface area contributed by atoms with E-state index in [0.29, 0.717) is 22.7 Å². The average Bonchev–Trinajstić information content (AvgIpc) is 3.08. The summed E-state index contributed by atoms with van der Waals surface area (Å²) in [7, 11) is 1.61. The van der Waals surface area contributed by atoms with Crippen molar-refractivity contribution in [3.63, 3.8) is 0 Å². The molecule has 27 heavy (non-hydrogen) atoms. The van der Waals surface area contributed by atoms with Gasteiger partial charge in [0.25, 0.3) is 11.8 Å². The van der Waals surface area contributed by atoms with Gasteiger partial charge in [-0.05, 0) is 22.4 Å². The largest absolute Gasteiger partial charge is 0.335 e. The number of nitrogens with zero attached hydrogens (tertiary/aromatic N) is 5. The van der Waals surface area contributed by atoms with E-state index in [-0.39, 0.29) is 25.0 Å². The van der Waals surface area contributed by atoms with Crippen LogP contribution in [0.5, 0.6) is 0 Å². The van der Waals surface area contributed by atoms with Gasteiger partial charge in [0.1, 0.15) is 16.9 Å². The maximum Gasteiger partial charge on any atom is 0.275 e. The number of hydrogen-bond acceptors (Lipinski definition) is 6. The van der Waals surface area contributed by atoms with Gasteiger partial charge in [-0.3, -0.25) is 9.59 Å². The third-order valence-corrected chi connectivity index (χ3v) is 4.54. The van der Waals surface area contributed by atoms with Crippen LogP contribution in [0.25, 0.3) is 11.0 Å². The van der Waals surface area contributed by atoms with E-state index in [1.54, 1.807) is 25.2 Å². The molecule has 0 saturated carbocycles. The number of pyridine rings is 1. The molecule has 0 spiro atoms. The van der Waals surface area contributed by atoms with Crippen LogP contribution in [0.4, 0.5) is 8.78 Å². The zero-order valence-electron chi connectivity index (χ0n) is 14.1. The fourth-order valence-corrected chi connectivity index (χ4v) is 2.92. The van der Waals surface area contributed by atoms with E-state index in [4.69, 9.17) is 0 Å². The first-order chi connectivity index (χ1) is 13.0. The molecular formula is C17H13F2N5O3. The molecule has 0 aliphatic carbocycles. The summed E-state index contributed by atoms with van der Waals surface area (Å²) < 4.78 is 31.3. The van der Waals surface area contributed by atoms with Gasteiger partial charge in [-0.1, -0.05) is 6.07 Å². The highest BCUT2D eigenvalue weighted by Crippen LogP contribution is 2.22. The van der Waals surface area contributed by atoms with Crippen molar-refractivity contribution in [3.05, 3.63) is 53.4 Å². The maximum atomic E-state index is 13.7. The van der Waals surface area contributed by atoms with Crippen molar-refractivity contribution in [2.45, 2.75) is 6.04 Å². The Balaban J connectivity index is 1.45. The zero-order chi connectivity index (χ0) is 19.1. The highest BCUT2D eigenvalue weighted by atomic mass is 19.1. The van der Waals surface area contributed by atoms with Crippen LogP contribution < -0.4 is 0 Å². The van der Waals surface area contributed by atoms with Crippen LogP contribution in [0.15, 0.2) is 35.1 Å². The number of amides is 2. The van der Waals surface area contributed by atoms with Crippen LogP contribution in [-0.4, -0.2) is 63.1 Å². The van der Waals surface area contributed by atoms with Crippen molar-refractivity contribution >= 4 is 22.8 Å². The minimum absolute atomic E-state index is 0.215. The van der Waals surface area contributed by atoms with Crippen LogP contribution in [0.1, 0.15) is 20.8 Å². The van der Waals surface area contributed by atoms with Gasteiger partial charge in [-0.15, -0.1) is 0 Å². The Morgan fingerprint density at radius 2 is 2.04 bits per heavy atom. The van der Waals surface area contributed by atoms with E-state index < -0.39 is 23.2 Å². The first-order valence-corrected chi connectivity index (χ1v) is 8.04. The van der Waals surface area contributed by atoms with E-state index in [1.807, 2.05) is 0 Å². The van der Waals surface area contributed by atoms with Crippen molar-refractivity contribution < 1.29 is 23.0 Å². The van der Waals surface area contributed by atoms with Gasteiger partial charge in [0.15, 0.2) is 11.5 Å². The van der Waals surface area contributed by atoms with Gasteiger partial charge in [0.05, 0.1) is 17.8 Å². The third kappa shape index (κ3) is 2.88. The lowest BCUT2D eigenvalue weighted by Gasteiger charge is -2.43. The Morgan fingerprint density at radius 3 is 2.78 bits per heavy atom. The van der Waals surface area contributed by atoms with Crippen molar-refractivity contribution in [2.24, 2.45) is 0 Å². The Kier molecular flexibility index (Phi) is 4.02. The minimum atomic E-state index is -1.02. The summed E-state index contributed by atoms with van der Waals surface area (Å²) >= 11 is 0. The Morgan fingerprint density at radius 1 is 1.26 bits per heavy atom. The van der Waals surface area contributed by atoms with Crippen molar-refractivity contribution in [1.82, 2.24) is 25.1 Å². The zero-order valence-corrected chi connectivity index (χ0v) is 14.1. The number of benzene rings is 1. The first kappa shape index (κ1) is 17.0. The highest BCUT2D eigenvalue weighted by Gasteiger charge is 2.37. The van der Waals surface area contributed by atoms with Gasteiger partial charge in [0.2, 0.25) is 0 Å². The summed E-state index contributed by atoms with van der Waals surface area (Å²) in [6, 6.07) is 5.33. The number of hydrogen-bond donors (Lipinski definition) is 0. The molecule has 4 rings (SSSR count). The number of aromatic nitrogens is 3. The Labute approximate surface area is 151 Å². The molecule has 0 unspecified atom stereocenters. The van der Waals surface area contributed by atoms with Gasteiger partial charge in [-0.25, -0.2) is 18.4 Å². The molecule has 3 aromatic rings. The van der Waals surface area contributed by atoms with E-state index in [0.717, 1.165) is 6.20 Å². The number of halogens is 2. The lowest BCUT2D eigenvalue weighted by Crippen LogP contribution is -2.61. The van der Waals surface area contributed by atoms with Gasteiger partial charge in [0, 0.05) is 26.2 Å². The van der Waals surface area contributed by atoms with E-state index in [2.05, 4.69) is 19.9 Å².